The second-order valence-corrected chi connectivity index (χ2v) is 14.1. The van der Waals surface area contributed by atoms with Gasteiger partial charge in [0, 0.05) is 27.6 Å². The summed E-state index contributed by atoms with van der Waals surface area (Å²) in [6.45, 7) is 0. The van der Waals surface area contributed by atoms with E-state index in [1.54, 1.807) is 0 Å². The van der Waals surface area contributed by atoms with Crippen LogP contribution in [0.15, 0.2) is 229 Å². The van der Waals surface area contributed by atoms with Crippen molar-refractivity contribution >= 4 is 38.8 Å². The molecule has 1 aromatic heterocycles. The first-order valence-electron chi connectivity index (χ1n) is 19.1. The Balaban J connectivity index is 1.12. The van der Waals surface area contributed by atoms with Crippen LogP contribution in [-0.2, 0) is 0 Å². The van der Waals surface area contributed by atoms with Crippen molar-refractivity contribution in [3.8, 4) is 55.8 Å². The van der Waals surface area contributed by atoms with Crippen LogP contribution in [-0.4, -0.2) is 0 Å². The van der Waals surface area contributed by atoms with E-state index in [0.29, 0.717) is 0 Å². The maximum atomic E-state index is 6.29. The lowest BCUT2D eigenvalue weighted by molar-refractivity contribution is 0.631. The van der Waals surface area contributed by atoms with Crippen LogP contribution in [0.1, 0.15) is 0 Å². The van der Waals surface area contributed by atoms with Crippen LogP contribution in [0.5, 0.6) is 0 Å². The molecule has 2 nitrogen and oxygen atoms in total. The highest BCUT2D eigenvalue weighted by molar-refractivity contribution is 6.07. The van der Waals surface area contributed by atoms with Gasteiger partial charge in [-0.3, -0.25) is 0 Å². The van der Waals surface area contributed by atoms with E-state index in [2.05, 4.69) is 211 Å². The summed E-state index contributed by atoms with van der Waals surface area (Å²) in [4.78, 5) is 2.42. The molecule has 0 saturated heterocycles. The molecule has 0 amide bonds. The molecule has 0 radical (unpaired) electrons. The van der Waals surface area contributed by atoms with Gasteiger partial charge in [-0.15, -0.1) is 0 Å². The summed E-state index contributed by atoms with van der Waals surface area (Å²) >= 11 is 0. The predicted molar refractivity (Wildman–Crippen MR) is 236 cm³/mol. The first kappa shape index (κ1) is 33.2. The molecular weight excluding hydrogens is 679 g/mol. The monoisotopic (exact) mass is 715 g/mol. The van der Waals surface area contributed by atoms with E-state index >= 15 is 0 Å². The van der Waals surface area contributed by atoms with Gasteiger partial charge in [0.1, 0.15) is 11.3 Å². The Morgan fingerprint density at radius 3 is 1.59 bits per heavy atom. The van der Waals surface area contributed by atoms with Gasteiger partial charge in [0.05, 0.1) is 11.4 Å². The van der Waals surface area contributed by atoms with Crippen LogP contribution < -0.4 is 4.90 Å². The summed E-state index contributed by atoms with van der Waals surface area (Å²) in [5, 5.41) is 3.45. The fourth-order valence-electron chi connectivity index (χ4n) is 7.92. The molecule has 0 aliphatic heterocycles. The summed E-state index contributed by atoms with van der Waals surface area (Å²) in [7, 11) is 0. The molecule has 0 fully saturated rings. The Morgan fingerprint density at radius 2 is 0.857 bits per heavy atom. The second kappa shape index (κ2) is 14.4. The number of nitrogens with zero attached hydrogens (tertiary/aromatic N) is 1. The maximum Gasteiger partial charge on any atom is 0.135 e. The van der Waals surface area contributed by atoms with Crippen molar-refractivity contribution in [1.29, 1.82) is 0 Å². The molecule has 10 aromatic rings. The van der Waals surface area contributed by atoms with Crippen molar-refractivity contribution in [2.24, 2.45) is 0 Å². The van der Waals surface area contributed by atoms with Crippen molar-refractivity contribution in [2.75, 3.05) is 4.90 Å². The molecule has 0 unspecified atom stereocenters. The molecule has 9 aromatic carbocycles. The summed E-state index contributed by atoms with van der Waals surface area (Å²) in [5.41, 5.74) is 14.7. The van der Waals surface area contributed by atoms with Gasteiger partial charge >= 0.3 is 0 Å². The summed E-state index contributed by atoms with van der Waals surface area (Å²) in [6.07, 6.45) is 0. The molecule has 2 heteroatoms. The quantitative estimate of drug-likeness (QED) is 0.156. The third-order valence-corrected chi connectivity index (χ3v) is 10.7. The van der Waals surface area contributed by atoms with E-state index in [1.807, 2.05) is 18.2 Å². The number of furan rings is 1. The topological polar surface area (TPSA) is 16.4 Å². The van der Waals surface area contributed by atoms with Crippen molar-refractivity contribution in [3.63, 3.8) is 0 Å². The Bertz CT molecular complexity index is 2910. The van der Waals surface area contributed by atoms with Gasteiger partial charge in [-0.1, -0.05) is 182 Å². The SMILES string of the molecule is c1ccc(-c2ccc(-c3ccccc3N(c3ccc(-c4ccccc4)cc3)c3ccc(-c4cccc(-c5cc6ccccc6o5)c4)c4ccccc34)cc2)cc1. The molecule has 0 aliphatic carbocycles. The van der Waals surface area contributed by atoms with Gasteiger partial charge in [-0.05, 0) is 86.8 Å². The highest BCUT2D eigenvalue weighted by Crippen LogP contribution is 2.46. The van der Waals surface area contributed by atoms with Crippen molar-refractivity contribution < 1.29 is 4.42 Å². The molecule has 0 saturated carbocycles. The van der Waals surface area contributed by atoms with Gasteiger partial charge < -0.3 is 9.32 Å². The van der Waals surface area contributed by atoms with Gasteiger partial charge in [0.25, 0.3) is 0 Å². The fraction of sp³-hybridized carbons (Fsp3) is 0. The lowest BCUT2D eigenvalue weighted by Gasteiger charge is -2.29. The molecule has 264 valence electrons. The van der Waals surface area contributed by atoms with Gasteiger partial charge in [0.15, 0.2) is 0 Å². The lowest BCUT2D eigenvalue weighted by atomic mass is 9.94. The zero-order valence-corrected chi connectivity index (χ0v) is 30.7. The predicted octanol–water partition coefficient (Wildman–Crippen LogP) is 15.4. The first-order chi connectivity index (χ1) is 27.8. The largest absolute Gasteiger partial charge is 0.456 e. The first-order valence-corrected chi connectivity index (χ1v) is 19.1. The van der Waals surface area contributed by atoms with Crippen LogP contribution in [0.3, 0.4) is 0 Å². The van der Waals surface area contributed by atoms with E-state index < -0.39 is 0 Å². The van der Waals surface area contributed by atoms with E-state index in [-0.39, 0.29) is 0 Å². The molecule has 0 N–H and O–H groups in total. The Kier molecular flexibility index (Phi) is 8.55. The van der Waals surface area contributed by atoms with E-state index in [4.69, 9.17) is 4.42 Å². The standard InChI is InChI=1S/C54H37NO/c1-3-14-38(15-4-1)40-26-28-42(29-27-40)48-21-10-11-24-51(48)55(46-32-30-41(31-33-46)39-16-5-2-6-17-39)52-35-34-47(49-22-8-9-23-50(49)52)43-19-13-20-44(36-43)54-37-45-18-7-12-25-53(45)56-54/h1-37H. The van der Waals surface area contributed by atoms with E-state index in [9.17, 15) is 0 Å². The summed E-state index contributed by atoms with van der Waals surface area (Å²) in [5.74, 6) is 0.868. The normalized spacial score (nSPS) is 11.2. The lowest BCUT2D eigenvalue weighted by Crippen LogP contribution is -2.12. The molecule has 10 rings (SSSR count). The minimum atomic E-state index is 0.868. The minimum Gasteiger partial charge on any atom is -0.456 e. The van der Waals surface area contributed by atoms with Crippen LogP contribution in [0.4, 0.5) is 17.1 Å². The molecule has 0 aliphatic rings. The van der Waals surface area contributed by atoms with E-state index in [1.165, 1.54) is 38.6 Å². The smallest absolute Gasteiger partial charge is 0.135 e. The van der Waals surface area contributed by atoms with Crippen LogP contribution in [0.25, 0.3) is 77.6 Å². The van der Waals surface area contributed by atoms with Crippen LogP contribution in [0.2, 0.25) is 0 Å². The highest BCUT2D eigenvalue weighted by atomic mass is 16.3. The molecule has 0 spiro atoms. The minimum absolute atomic E-state index is 0.868. The van der Waals surface area contributed by atoms with Gasteiger partial charge in [-0.2, -0.15) is 0 Å². The highest BCUT2D eigenvalue weighted by Gasteiger charge is 2.21. The number of para-hydroxylation sites is 2. The Labute approximate surface area is 327 Å². The Hall–Kier alpha value is -7.42. The number of benzene rings is 9. The molecule has 0 atom stereocenters. The molecular formula is C54H37NO. The summed E-state index contributed by atoms with van der Waals surface area (Å²) in [6, 6.07) is 80.1. The van der Waals surface area contributed by atoms with Crippen molar-refractivity contribution in [2.45, 2.75) is 0 Å². The average Bonchev–Trinajstić information content (AvgIpc) is 3.73. The van der Waals surface area contributed by atoms with Gasteiger partial charge in [0.2, 0.25) is 0 Å². The van der Waals surface area contributed by atoms with E-state index in [0.717, 1.165) is 56.0 Å². The number of hydrogen-bond donors (Lipinski definition) is 0. The van der Waals surface area contributed by atoms with Crippen LogP contribution in [0, 0.1) is 0 Å². The molecule has 1 heterocycles. The summed E-state index contributed by atoms with van der Waals surface area (Å²) < 4.78 is 6.29. The molecule has 0 bridgehead atoms. The zero-order chi connectivity index (χ0) is 37.3. The maximum absolute atomic E-state index is 6.29. The third-order valence-electron chi connectivity index (χ3n) is 10.7. The fourth-order valence-corrected chi connectivity index (χ4v) is 7.92. The average molecular weight is 716 g/mol. The number of fused-ring (bicyclic) bond motifs is 2. The molecule has 56 heavy (non-hydrogen) atoms. The van der Waals surface area contributed by atoms with Gasteiger partial charge in [-0.25, -0.2) is 0 Å². The number of anilines is 3. The Morgan fingerprint density at radius 1 is 0.304 bits per heavy atom. The van der Waals surface area contributed by atoms with Crippen LogP contribution >= 0.6 is 0 Å². The third kappa shape index (κ3) is 6.24. The second-order valence-electron chi connectivity index (χ2n) is 14.1. The van der Waals surface area contributed by atoms with Crippen molar-refractivity contribution in [3.05, 3.63) is 224 Å². The number of rotatable bonds is 8. The zero-order valence-electron chi connectivity index (χ0n) is 30.7. The van der Waals surface area contributed by atoms with Crippen molar-refractivity contribution in [1.82, 2.24) is 0 Å². The number of hydrogen-bond acceptors (Lipinski definition) is 2.